The minimum atomic E-state index is 0.734. The summed E-state index contributed by atoms with van der Waals surface area (Å²) in [5.41, 5.74) is 0. The molecule has 0 aliphatic heterocycles. The van der Waals surface area contributed by atoms with E-state index in [1.807, 2.05) is 0 Å². The van der Waals surface area contributed by atoms with Gasteiger partial charge in [-0.15, -0.1) is 0 Å². The molecule has 0 saturated heterocycles. The fraction of sp³-hybridized carbons (Fsp3) is 1.00. The Morgan fingerprint density at radius 3 is 1.29 bits per heavy atom. The van der Waals surface area contributed by atoms with Crippen LogP contribution in [0.3, 0.4) is 0 Å². The summed E-state index contributed by atoms with van der Waals surface area (Å²) in [4.78, 5) is 0. The monoisotopic (exact) mass is 259 g/mol. The fourth-order valence-corrected chi connectivity index (χ4v) is 2.50. The van der Waals surface area contributed by atoms with Crippen LogP contribution in [0.4, 0.5) is 0 Å². The van der Waals surface area contributed by atoms with Crippen LogP contribution in [0.15, 0.2) is 0 Å². The molecule has 0 N–H and O–H groups in total. The van der Waals surface area contributed by atoms with Crippen LogP contribution in [-0.2, 0) is 15.9 Å². The molecule has 1 nitrogen and oxygen atoms in total. The van der Waals surface area contributed by atoms with E-state index in [0.29, 0.717) is 0 Å². The molecule has 0 spiro atoms. The first-order valence-electron chi connectivity index (χ1n) is 7.66. The average molecular weight is 259 g/mol. The lowest BCUT2D eigenvalue weighted by molar-refractivity contribution is 0.542. The van der Waals surface area contributed by atoms with E-state index >= 15 is 0 Å². The molecule has 0 fully saturated rings. The van der Waals surface area contributed by atoms with Gasteiger partial charge in [0, 0.05) is 10.6 Å². The standard InChI is InChI=1S/C15H31OS/c1-2-3-4-5-6-7-8-9-10-11-12-13-14-15-17-16/h2-15H2,1H3/q+1. The van der Waals surface area contributed by atoms with Crippen molar-refractivity contribution in [3.8, 4) is 0 Å². The second kappa shape index (κ2) is 16.0. The summed E-state index contributed by atoms with van der Waals surface area (Å²) in [6.07, 6.45) is 17.9. The topological polar surface area (TPSA) is 17.1 Å². The molecule has 0 unspecified atom stereocenters. The quantitative estimate of drug-likeness (QED) is 0.297. The van der Waals surface area contributed by atoms with Crippen molar-refractivity contribution in [2.24, 2.45) is 0 Å². The van der Waals surface area contributed by atoms with Gasteiger partial charge < -0.3 is 0 Å². The Balaban J connectivity index is 2.87. The molecule has 0 radical (unpaired) electrons. The third kappa shape index (κ3) is 16.0. The molecule has 0 bridgehead atoms. The fourth-order valence-electron chi connectivity index (χ4n) is 2.18. The first-order valence-corrected chi connectivity index (χ1v) is 8.57. The summed E-state index contributed by atoms with van der Waals surface area (Å²) in [5.74, 6) is 0.803. The Morgan fingerprint density at radius 1 is 0.588 bits per heavy atom. The molecule has 0 aliphatic carbocycles. The molecule has 102 valence electrons. The van der Waals surface area contributed by atoms with Gasteiger partial charge in [0.25, 0.3) is 0 Å². The predicted octanol–water partition coefficient (Wildman–Crippen LogP) is 5.51. The maximum absolute atomic E-state index is 10.1. The van der Waals surface area contributed by atoms with Gasteiger partial charge in [0.15, 0.2) is 0 Å². The molecule has 0 aromatic heterocycles. The minimum absolute atomic E-state index is 0.734. The van der Waals surface area contributed by atoms with Gasteiger partial charge in [-0.2, -0.15) is 0 Å². The molecular formula is C15H31OS+. The Morgan fingerprint density at radius 2 is 0.941 bits per heavy atom. The third-order valence-electron chi connectivity index (χ3n) is 3.33. The zero-order valence-electron chi connectivity index (χ0n) is 11.7. The van der Waals surface area contributed by atoms with E-state index in [9.17, 15) is 4.21 Å². The molecule has 0 aromatic carbocycles. The van der Waals surface area contributed by atoms with E-state index in [2.05, 4.69) is 6.92 Å². The highest BCUT2D eigenvalue weighted by atomic mass is 32.1. The van der Waals surface area contributed by atoms with Gasteiger partial charge in [-0.3, -0.25) is 0 Å². The maximum atomic E-state index is 10.1. The van der Waals surface area contributed by atoms with Gasteiger partial charge in [-0.1, -0.05) is 77.6 Å². The normalized spacial score (nSPS) is 10.6. The van der Waals surface area contributed by atoms with Crippen LogP contribution in [0, 0.1) is 0 Å². The Kier molecular flexibility index (Phi) is 16.0. The van der Waals surface area contributed by atoms with Gasteiger partial charge >= 0.3 is 11.7 Å². The summed E-state index contributed by atoms with van der Waals surface area (Å²) in [7, 11) is 0. The Bertz CT molecular complexity index is 148. The van der Waals surface area contributed by atoms with E-state index in [0.717, 1.165) is 23.8 Å². The van der Waals surface area contributed by atoms with Gasteiger partial charge in [0.05, 0.1) is 0 Å². The van der Waals surface area contributed by atoms with E-state index in [1.54, 1.807) is 0 Å². The molecule has 0 aliphatic rings. The molecule has 0 saturated carbocycles. The lowest BCUT2D eigenvalue weighted by Crippen LogP contribution is -1.84. The molecular weight excluding hydrogens is 228 g/mol. The predicted molar refractivity (Wildman–Crippen MR) is 78.6 cm³/mol. The van der Waals surface area contributed by atoms with Gasteiger partial charge in [0.2, 0.25) is 5.75 Å². The Hall–Kier alpha value is 0.0200. The number of hydrogen-bond donors (Lipinski definition) is 0. The molecule has 0 heterocycles. The van der Waals surface area contributed by atoms with Crippen LogP contribution in [0.5, 0.6) is 0 Å². The van der Waals surface area contributed by atoms with Crippen molar-refractivity contribution < 1.29 is 4.21 Å². The zero-order valence-corrected chi connectivity index (χ0v) is 12.5. The largest absolute Gasteiger partial charge is 0.458 e. The minimum Gasteiger partial charge on any atom is -0.0654 e. The van der Waals surface area contributed by atoms with Crippen molar-refractivity contribution in [2.45, 2.75) is 90.4 Å². The van der Waals surface area contributed by atoms with E-state index in [4.69, 9.17) is 0 Å². The summed E-state index contributed by atoms with van der Waals surface area (Å²) in [5, 5.41) is 0. The number of unbranched alkanes of at least 4 members (excludes halogenated alkanes) is 12. The smallest absolute Gasteiger partial charge is 0.0654 e. The van der Waals surface area contributed by atoms with Crippen LogP contribution in [0.25, 0.3) is 0 Å². The Labute approximate surface area is 112 Å². The lowest BCUT2D eigenvalue weighted by Gasteiger charge is -2.01. The molecule has 17 heavy (non-hydrogen) atoms. The van der Waals surface area contributed by atoms with Gasteiger partial charge in [-0.05, 0) is 6.42 Å². The highest BCUT2D eigenvalue weighted by Crippen LogP contribution is 2.12. The van der Waals surface area contributed by atoms with E-state index < -0.39 is 0 Å². The van der Waals surface area contributed by atoms with E-state index in [-0.39, 0.29) is 0 Å². The molecule has 0 aromatic rings. The van der Waals surface area contributed by atoms with Crippen LogP contribution < -0.4 is 0 Å². The molecule has 0 atom stereocenters. The van der Waals surface area contributed by atoms with Crippen molar-refractivity contribution in [1.29, 1.82) is 0 Å². The highest BCUT2D eigenvalue weighted by molar-refractivity contribution is 7.65. The lowest BCUT2D eigenvalue weighted by atomic mass is 10.1. The number of rotatable bonds is 14. The van der Waals surface area contributed by atoms with E-state index in [1.165, 1.54) is 77.0 Å². The van der Waals surface area contributed by atoms with Crippen LogP contribution in [-0.4, -0.2) is 5.75 Å². The maximum Gasteiger partial charge on any atom is 0.458 e. The SMILES string of the molecule is CCCCCCCCCCCCCCC[S+]=O. The van der Waals surface area contributed by atoms with Crippen molar-refractivity contribution in [1.82, 2.24) is 0 Å². The molecule has 2 heteroatoms. The summed E-state index contributed by atoms with van der Waals surface area (Å²) in [6.45, 7) is 2.27. The summed E-state index contributed by atoms with van der Waals surface area (Å²) >= 11 is 0.734. The van der Waals surface area contributed by atoms with Gasteiger partial charge in [0.1, 0.15) is 0 Å². The van der Waals surface area contributed by atoms with Crippen LogP contribution >= 0.6 is 0 Å². The van der Waals surface area contributed by atoms with Gasteiger partial charge in [-0.25, -0.2) is 0 Å². The number of hydrogen-bond acceptors (Lipinski definition) is 1. The van der Waals surface area contributed by atoms with Crippen molar-refractivity contribution in [3.05, 3.63) is 0 Å². The molecule has 0 amide bonds. The second-order valence-corrected chi connectivity index (χ2v) is 5.71. The van der Waals surface area contributed by atoms with Crippen molar-refractivity contribution in [3.63, 3.8) is 0 Å². The first-order chi connectivity index (χ1) is 8.41. The van der Waals surface area contributed by atoms with Crippen molar-refractivity contribution in [2.75, 3.05) is 5.75 Å². The summed E-state index contributed by atoms with van der Waals surface area (Å²) in [6, 6.07) is 0. The third-order valence-corrected chi connectivity index (χ3v) is 3.79. The summed E-state index contributed by atoms with van der Waals surface area (Å²) < 4.78 is 10.1. The zero-order chi connectivity index (χ0) is 12.6. The second-order valence-electron chi connectivity index (χ2n) is 5.06. The highest BCUT2D eigenvalue weighted by Gasteiger charge is 1.97. The first kappa shape index (κ1) is 17.0. The molecule has 0 rings (SSSR count). The average Bonchev–Trinajstić information content (AvgIpc) is 2.35. The van der Waals surface area contributed by atoms with Crippen LogP contribution in [0.1, 0.15) is 90.4 Å². The van der Waals surface area contributed by atoms with Crippen LogP contribution in [0.2, 0.25) is 0 Å². The van der Waals surface area contributed by atoms with Crippen molar-refractivity contribution >= 4 is 11.7 Å².